The largest absolute Gasteiger partial charge is 0.0722 e. The van der Waals surface area contributed by atoms with Crippen LogP contribution in [0.1, 0.15) is 35.1 Å². The van der Waals surface area contributed by atoms with E-state index in [1.54, 1.807) is 16.7 Å². The van der Waals surface area contributed by atoms with Gasteiger partial charge in [-0.25, -0.2) is 0 Å². The van der Waals surface area contributed by atoms with Crippen LogP contribution >= 0.6 is 0 Å². The van der Waals surface area contributed by atoms with Gasteiger partial charge in [-0.3, -0.25) is 0 Å². The highest BCUT2D eigenvalue weighted by molar-refractivity contribution is 5.70. The number of benzene rings is 3. The minimum absolute atomic E-state index is 1.07. The Bertz CT molecular complexity index is 1200. The van der Waals surface area contributed by atoms with Gasteiger partial charge in [-0.05, 0) is 81.3 Å². The van der Waals surface area contributed by atoms with Gasteiger partial charge < -0.3 is 0 Å². The maximum atomic E-state index is 2.40. The van der Waals surface area contributed by atoms with E-state index >= 15 is 0 Å². The molecule has 0 saturated heterocycles. The lowest BCUT2D eigenvalue weighted by Crippen LogP contribution is -2.23. The molecule has 0 bridgehead atoms. The van der Waals surface area contributed by atoms with Crippen LogP contribution < -0.4 is 10.4 Å². The molecule has 0 nitrogen and oxygen atoms in total. The third-order valence-electron chi connectivity index (χ3n) is 5.86. The zero-order chi connectivity index (χ0) is 16.8. The van der Waals surface area contributed by atoms with Crippen LogP contribution in [-0.2, 0) is 12.8 Å². The van der Waals surface area contributed by atoms with Gasteiger partial charge in [0.1, 0.15) is 0 Å². The van der Waals surface area contributed by atoms with Gasteiger partial charge in [0, 0.05) is 0 Å². The minimum atomic E-state index is 1.07. The Morgan fingerprint density at radius 1 is 0.680 bits per heavy atom. The molecule has 0 fully saturated rings. The molecule has 0 atom stereocenters. The monoisotopic (exact) mass is 322 g/mol. The van der Waals surface area contributed by atoms with Crippen LogP contribution in [0.15, 0.2) is 60.7 Å². The van der Waals surface area contributed by atoms with E-state index in [2.05, 4.69) is 73.7 Å². The van der Waals surface area contributed by atoms with Gasteiger partial charge >= 0.3 is 0 Å². The quantitative estimate of drug-likeness (QED) is 0.631. The summed E-state index contributed by atoms with van der Waals surface area (Å²) in [6, 6.07) is 22.4. The van der Waals surface area contributed by atoms with Crippen molar-refractivity contribution < 1.29 is 0 Å². The van der Waals surface area contributed by atoms with E-state index in [1.807, 2.05) is 0 Å². The van der Waals surface area contributed by atoms with Crippen molar-refractivity contribution in [3.05, 3.63) is 104 Å². The number of hydrogen-bond acceptors (Lipinski definition) is 0. The van der Waals surface area contributed by atoms with Crippen LogP contribution in [0.5, 0.6) is 0 Å². The lowest BCUT2D eigenvalue weighted by atomic mass is 9.83. The van der Waals surface area contributed by atoms with Crippen LogP contribution in [0.2, 0.25) is 0 Å². The summed E-state index contributed by atoms with van der Waals surface area (Å²) in [7, 11) is 0. The highest BCUT2D eigenvalue weighted by Crippen LogP contribution is 2.27. The summed E-state index contributed by atoms with van der Waals surface area (Å²) in [6.07, 6.45) is 7.13. The fraction of sp³-hybridized carbons (Fsp3) is 0.200. The van der Waals surface area contributed by atoms with E-state index < -0.39 is 0 Å². The third-order valence-corrected chi connectivity index (χ3v) is 5.86. The summed E-state index contributed by atoms with van der Waals surface area (Å²) in [5.74, 6) is 0. The summed E-state index contributed by atoms with van der Waals surface area (Å²) in [4.78, 5) is 0. The smallest absolute Gasteiger partial charge is 0.00791 e. The van der Waals surface area contributed by atoms with E-state index in [9.17, 15) is 0 Å². The maximum Gasteiger partial charge on any atom is -0.00791 e. The highest BCUT2D eigenvalue weighted by atomic mass is 14.2. The number of hydrogen-bond donors (Lipinski definition) is 0. The molecule has 2 aliphatic rings. The number of aryl methyl sites for hydroxylation is 1. The third kappa shape index (κ3) is 2.28. The van der Waals surface area contributed by atoms with Crippen LogP contribution in [0.4, 0.5) is 0 Å². The molecule has 0 N–H and O–H groups in total. The summed E-state index contributed by atoms with van der Waals surface area (Å²) in [5, 5.41) is 5.72. The Labute approximate surface area is 148 Å². The lowest BCUT2D eigenvalue weighted by Gasteiger charge is -2.21. The van der Waals surface area contributed by atoms with Crippen molar-refractivity contribution in [2.75, 3.05) is 0 Å². The van der Waals surface area contributed by atoms with Gasteiger partial charge in [0.15, 0.2) is 0 Å². The number of fused-ring (bicyclic) bond motifs is 4. The van der Waals surface area contributed by atoms with Gasteiger partial charge in [0.2, 0.25) is 0 Å². The van der Waals surface area contributed by atoms with Gasteiger partial charge in [-0.15, -0.1) is 0 Å². The Kier molecular flexibility index (Phi) is 3.38. The molecule has 25 heavy (non-hydrogen) atoms. The van der Waals surface area contributed by atoms with Gasteiger partial charge in [-0.1, -0.05) is 66.7 Å². The second-order valence-corrected chi connectivity index (χ2v) is 7.26. The fourth-order valence-electron chi connectivity index (χ4n) is 4.65. The van der Waals surface area contributed by atoms with Crippen molar-refractivity contribution in [2.24, 2.45) is 0 Å². The van der Waals surface area contributed by atoms with E-state index in [1.165, 1.54) is 51.3 Å². The van der Waals surface area contributed by atoms with Crippen molar-refractivity contribution in [1.29, 1.82) is 0 Å². The molecule has 0 radical (unpaired) electrons. The Morgan fingerprint density at radius 3 is 2.40 bits per heavy atom. The first kappa shape index (κ1) is 14.7. The second-order valence-electron chi connectivity index (χ2n) is 7.26. The predicted molar refractivity (Wildman–Crippen MR) is 105 cm³/mol. The summed E-state index contributed by atoms with van der Waals surface area (Å²) in [5.41, 5.74) is 7.51. The first-order chi connectivity index (χ1) is 12.3. The van der Waals surface area contributed by atoms with Crippen LogP contribution in [0.25, 0.3) is 11.6 Å². The van der Waals surface area contributed by atoms with Crippen molar-refractivity contribution in [1.82, 2.24) is 0 Å². The fourth-order valence-corrected chi connectivity index (χ4v) is 4.65. The van der Waals surface area contributed by atoms with Crippen molar-refractivity contribution >= 4 is 11.6 Å². The van der Waals surface area contributed by atoms with Crippen molar-refractivity contribution in [3.8, 4) is 0 Å². The lowest BCUT2D eigenvalue weighted by molar-refractivity contribution is 0.809. The standard InChI is InChI=1S/C25H22/c1-17-7-2-4-9-19(17)21-11-6-12-22-24-14-13-18-8-3-5-10-20(18)23(24)15-16-25(21)22/h2-5,7-10,13,15-16H,6,11-12,14H2,1H3. The van der Waals surface area contributed by atoms with Crippen LogP contribution in [0, 0.1) is 17.4 Å². The molecule has 122 valence electrons. The molecular formula is C25H22. The first-order valence-corrected chi connectivity index (χ1v) is 9.32. The molecule has 0 unspecified atom stereocenters. The summed E-state index contributed by atoms with van der Waals surface area (Å²) >= 11 is 0. The molecule has 0 spiro atoms. The van der Waals surface area contributed by atoms with E-state index in [-0.39, 0.29) is 0 Å². The molecule has 2 aliphatic carbocycles. The molecule has 0 aromatic heterocycles. The first-order valence-electron chi connectivity index (χ1n) is 9.32. The molecule has 0 saturated carbocycles. The predicted octanol–water partition coefficient (Wildman–Crippen LogP) is 4.15. The van der Waals surface area contributed by atoms with Gasteiger partial charge in [0.25, 0.3) is 0 Å². The SMILES string of the molecule is Cc1ccccc1C1=c2ccc3c(c2CCC1)CC=c1ccccc1=3. The highest BCUT2D eigenvalue weighted by Gasteiger charge is 2.17. The molecule has 5 rings (SSSR count). The zero-order valence-electron chi connectivity index (χ0n) is 14.7. The molecule has 0 aliphatic heterocycles. The minimum Gasteiger partial charge on any atom is -0.0722 e. The van der Waals surface area contributed by atoms with Crippen LogP contribution in [-0.4, -0.2) is 0 Å². The molecule has 0 heteroatoms. The van der Waals surface area contributed by atoms with Gasteiger partial charge in [-0.2, -0.15) is 0 Å². The number of rotatable bonds is 1. The zero-order valence-corrected chi connectivity index (χ0v) is 14.7. The molecule has 3 aromatic carbocycles. The topological polar surface area (TPSA) is 0 Å². The van der Waals surface area contributed by atoms with E-state index in [4.69, 9.17) is 0 Å². The molecular weight excluding hydrogens is 300 g/mol. The average Bonchev–Trinajstić information content (AvgIpc) is 2.67. The van der Waals surface area contributed by atoms with Crippen LogP contribution in [0.3, 0.4) is 0 Å². The summed E-state index contributed by atoms with van der Waals surface area (Å²) < 4.78 is 0. The molecule has 0 heterocycles. The maximum absolute atomic E-state index is 2.40. The van der Waals surface area contributed by atoms with Crippen molar-refractivity contribution in [3.63, 3.8) is 0 Å². The van der Waals surface area contributed by atoms with E-state index in [0.717, 1.165) is 6.42 Å². The normalized spacial score (nSPS) is 15.0. The Morgan fingerprint density at radius 2 is 1.48 bits per heavy atom. The summed E-state index contributed by atoms with van der Waals surface area (Å²) in [6.45, 7) is 2.24. The van der Waals surface area contributed by atoms with Crippen molar-refractivity contribution in [2.45, 2.75) is 32.6 Å². The molecule has 3 aromatic rings. The molecule has 0 amide bonds. The average molecular weight is 322 g/mol. The van der Waals surface area contributed by atoms with E-state index in [0.29, 0.717) is 0 Å². The second kappa shape index (κ2) is 5.74. The van der Waals surface area contributed by atoms with Gasteiger partial charge in [0.05, 0.1) is 0 Å². The Hall–Kier alpha value is -2.60. The Balaban J connectivity index is 1.90.